The zero-order chi connectivity index (χ0) is 42.1. The number of hydrogen-bond acceptors (Lipinski definition) is 11. The van der Waals surface area contributed by atoms with Crippen LogP contribution in [0.25, 0.3) is 0 Å². The fourth-order valence-electron chi connectivity index (χ4n) is 7.76. The quantitative estimate of drug-likeness (QED) is 0.166. The minimum Gasteiger partial charge on any atom is -0.492 e. The van der Waals surface area contributed by atoms with Crippen molar-refractivity contribution in [1.29, 1.82) is 5.26 Å². The average Bonchev–Trinajstić information content (AvgIpc) is 3.34. The third-order valence-electron chi connectivity index (χ3n) is 11.2. The van der Waals surface area contributed by atoms with Gasteiger partial charge < -0.3 is 20.3 Å². The number of thiocarbonyl (C=S) groups is 1. The molecule has 14 nitrogen and oxygen atoms in total. The Hall–Kier alpha value is -5.64. The van der Waals surface area contributed by atoms with E-state index in [0.717, 1.165) is 60.8 Å². The molecule has 4 heterocycles. The van der Waals surface area contributed by atoms with Crippen molar-refractivity contribution in [2.24, 2.45) is 0 Å². The van der Waals surface area contributed by atoms with Gasteiger partial charge in [-0.25, -0.2) is 4.98 Å². The number of rotatable bonds is 12. The monoisotopic (exact) mass is 831 g/mol. The number of piperazine rings is 1. The Bertz CT molecular complexity index is 2200. The van der Waals surface area contributed by atoms with Crippen molar-refractivity contribution >= 4 is 63.7 Å². The molecular weight excluding hydrogens is 788 g/mol. The lowest BCUT2D eigenvalue weighted by Crippen LogP contribution is -2.49. The summed E-state index contributed by atoms with van der Waals surface area (Å²) in [6, 6.07) is 14.4. The molecule has 2 aromatic carbocycles. The summed E-state index contributed by atoms with van der Waals surface area (Å²) < 4.78 is 47.7. The predicted molar refractivity (Wildman–Crippen MR) is 217 cm³/mol. The van der Waals surface area contributed by atoms with E-state index in [1.165, 1.54) is 6.07 Å². The van der Waals surface area contributed by atoms with Gasteiger partial charge in [-0.1, -0.05) is 12.5 Å². The van der Waals surface area contributed by atoms with E-state index in [2.05, 4.69) is 30.7 Å². The maximum atomic E-state index is 13.8. The molecule has 3 N–H and O–H groups in total. The molecule has 0 spiro atoms. The summed E-state index contributed by atoms with van der Waals surface area (Å²) in [5.41, 5.74) is -0.596. The van der Waals surface area contributed by atoms with Crippen molar-refractivity contribution in [3.05, 3.63) is 71.5 Å². The highest BCUT2D eigenvalue weighted by atomic mass is 32.1. The predicted octanol–water partition coefficient (Wildman–Crippen LogP) is 5.01. The highest BCUT2D eigenvalue weighted by molar-refractivity contribution is 7.81. The third-order valence-corrected chi connectivity index (χ3v) is 11.6. The topological polar surface area (TPSA) is 163 Å². The van der Waals surface area contributed by atoms with Crippen molar-refractivity contribution in [1.82, 2.24) is 20.1 Å². The molecule has 1 saturated carbocycles. The summed E-state index contributed by atoms with van der Waals surface area (Å²) >= 11 is 5.75. The second-order valence-corrected chi connectivity index (χ2v) is 16.0. The van der Waals surface area contributed by atoms with Crippen molar-refractivity contribution in [2.75, 3.05) is 66.3 Å². The molecule has 3 aromatic rings. The van der Waals surface area contributed by atoms with E-state index >= 15 is 0 Å². The molecule has 3 saturated heterocycles. The van der Waals surface area contributed by atoms with E-state index in [1.54, 1.807) is 49.1 Å². The summed E-state index contributed by atoms with van der Waals surface area (Å²) in [5, 5.41) is 17.6. The van der Waals surface area contributed by atoms with Gasteiger partial charge in [0.1, 0.15) is 30.0 Å². The van der Waals surface area contributed by atoms with E-state index in [0.29, 0.717) is 49.7 Å². The number of halogens is 3. The van der Waals surface area contributed by atoms with E-state index in [4.69, 9.17) is 17.0 Å². The van der Waals surface area contributed by atoms with E-state index in [1.807, 2.05) is 12.1 Å². The molecule has 59 heavy (non-hydrogen) atoms. The van der Waals surface area contributed by atoms with Crippen LogP contribution in [0.15, 0.2) is 54.7 Å². The molecule has 1 aromatic heterocycles. The number of piperidine rings is 1. The summed E-state index contributed by atoms with van der Waals surface area (Å²) in [7, 11) is 0. The number of anilines is 4. The molecule has 1 unspecified atom stereocenters. The van der Waals surface area contributed by atoms with Crippen LogP contribution in [-0.4, -0.2) is 101 Å². The van der Waals surface area contributed by atoms with Gasteiger partial charge in [0.25, 0.3) is 5.91 Å². The minimum atomic E-state index is -4.86. The molecule has 310 valence electrons. The maximum absolute atomic E-state index is 13.8. The summed E-state index contributed by atoms with van der Waals surface area (Å²) in [5.74, 6) is -0.360. The summed E-state index contributed by atoms with van der Waals surface area (Å²) in [6.45, 7) is 7.55. The van der Waals surface area contributed by atoms with Crippen LogP contribution in [0.4, 0.5) is 35.9 Å². The molecule has 7 rings (SSSR count). The molecular formula is C41H44F3N9O5S. The number of carbonyl (C=O) groups excluding carboxylic acids is 4. The number of nitriles is 1. The normalized spacial score (nSPS) is 20.2. The van der Waals surface area contributed by atoms with Crippen LogP contribution >= 0.6 is 12.2 Å². The fraction of sp³-hybridized carbons (Fsp3) is 0.439. The lowest BCUT2D eigenvalue weighted by molar-refractivity contribution is -0.138. The number of pyridine rings is 1. The van der Waals surface area contributed by atoms with Crippen molar-refractivity contribution in [2.45, 2.75) is 69.6 Å². The third kappa shape index (κ3) is 9.02. The van der Waals surface area contributed by atoms with Gasteiger partial charge in [-0.2, -0.15) is 18.4 Å². The van der Waals surface area contributed by atoms with Crippen LogP contribution in [-0.2, 0) is 25.4 Å². The van der Waals surface area contributed by atoms with Gasteiger partial charge in [-0.3, -0.25) is 39.2 Å². The largest absolute Gasteiger partial charge is 0.492 e. The first kappa shape index (κ1) is 41.5. The van der Waals surface area contributed by atoms with Crippen molar-refractivity contribution in [3.8, 4) is 11.8 Å². The van der Waals surface area contributed by atoms with Crippen LogP contribution in [0.5, 0.6) is 5.75 Å². The molecule has 4 aliphatic rings. The van der Waals surface area contributed by atoms with Crippen LogP contribution in [0.2, 0.25) is 0 Å². The van der Waals surface area contributed by atoms with Crippen molar-refractivity contribution in [3.63, 3.8) is 0 Å². The number of alkyl halides is 3. The lowest BCUT2D eigenvalue weighted by atomic mass is 9.79. The molecule has 1 atom stereocenters. The molecule has 0 bridgehead atoms. The number of benzene rings is 2. The summed E-state index contributed by atoms with van der Waals surface area (Å²) in [6.07, 6.45) is -0.132. The second kappa shape index (κ2) is 16.9. The zero-order valence-corrected chi connectivity index (χ0v) is 33.4. The summed E-state index contributed by atoms with van der Waals surface area (Å²) in [4.78, 5) is 61.0. The first-order valence-electron chi connectivity index (χ1n) is 19.5. The number of carbonyl (C=O) groups is 4. The van der Waals surface area contributed by atoms with Crippen LogP contribution < -0.4 is 30.5 Å². The van der Waals surface area contributed by atoms with Crippen molar-refractivity contribution < 1.29 is 37.1 Å². The molecule has 18 heteroatoms. The Labute approximate surface area is 344 Å². The lowest BCUT2D eigenvalue weighted by Gasteiger charge is -2.34. The highest BCUT2D eigenvalue weighted by Crippen LogP contribution is 2.45. The van der Waals surface area contributed by atoms with Gasteiger partial charge in [0.05, 0.1) is 24.0 Å². The number of nitrogens with zero attached hydrogens (tertiary/aromatic N) is 6. The Morgan fingerprint density at radius 2 is 1.75 bits per heavy atom. The molecule has 0 radical (unpaired) electrons. The van der Waals surface area contributed by atoms with Crippen LogP contribution in [0, 0.1) is 11.3 Å². The molecule has 3 aliphatic heterocycles. The van der Waals surface area contributed by atoms with Gasteiger partial charge in [0.15, 0.2) is 10.8 Å². The molecule has 4 amide bonds. The number of amides is 4. The first-order chi connectivity index (χ1) is 28.1. The van der Waals surface area contributed by atoms with Gasteiger partial charge >= 0.3 is 6.18 Å². The maximum Gasteiger partial charge on any atom is 0.419 e. The Kier molecular flexibility index (Phi) is 11.9. The number of hydrogen-bond donors (Lipinski definition) is 3. The molecule has 1 aliphatic carbocycles. The van der Waals surface area contributed by atoms with Gasteiger partial charge in [0.2, 0.25) is 17.7 Å². The van der Waals surface area contributed by atoms with Gasteiger partial charge in [-0.15, -0.1) is 0 Å². The zero-order valence-electron chi connectivity index (χ0n) is 32.6. The Morgan fingerprint density at radius 3 is 2.42 bits per heavy atom. The first-order valence-corrected chi connectivity index (χ1v) is 19.9. The number of imide groups is 1. The van der Waals surface area contributed by atoms with Gasteiger partial charge in [0, 0.05) is 56.2 Å². The fourth-order valence-corrected chi connectivity index (χ4v) is 8.28. The van der Waals surface area contributed by atoms with Crippen LogP contribution in [0.3, 0.4) is 0 Å². The van der Waals surface area contributed by atoms with Crippen LogP contribution in [0.1, 0.15) is 68.7 Å². The van der Waals surface area contributed by atoms with Gasteiger partial charge in [-0.05, 0) is 99.3 Å². The SMILES string of the molecule is CC1(C)C(=O)N(c2cnc(C#N)c(C(F)(F)F)c2)C(=S)N1c1ccc(OCCN2CCN(CC(=O)Nc3cccc(NC4CCC(=O)NC4=O)c3)CC2)c(C2CCC2)c1. The number of nitrogens with one attached hydrogen (secondary N) is 3. The number of ether oxygens (including phenoxy) is 1. The average molecular weight is 832 g/mol. The standard InChI is InChI=1S/C41H44F3N9O5S/c1-40(2)38(57)52(29-21-31(41(42,43)44)33(22-45)46-23-29)39(59)53(40)28-9-11-34(30(20-28)25-5-3-6-25)58-18-17-50-13-15-51(16-14-50)24-36(55)48-27-8-4-7-26(19-27)47-32-10-12-35(54)49-37(32)56/h4,7-9,11,19-21,23,25,32,47H,3,5-6,10,12-18,24H2,1-2H3,(H,48,55)(H,49,54,56). The Balaban J connectivity index is 0.927. The highest BCUT2D eigenvalue weighted by Gasteiger charge is 2.51. The molecule has 4 fully saturated rings. The van der Waals surface area contributed by atoms with E-state index < -0.39 is 34.9 Å². The minimum absolute atomic E-state index is 0.00183. The second-order valence-electron chi connectivity index (χ2n) is 15.6. The van der Waals surface area contributed by atoms with E-state index in [9.17, 15) is 37.6 Å². The number of aromatic nitrogens is 1. The Morgan fingerprint density at radius 1 is 1.02 bits per heavy atom. The smallest absolute Gasteiger partial charge is 0.419 e. The van der Waals surface area contributed by atoms with E-state index in [-0.39, 0.29) is 47.4 Å².